The van der Waals surface area contributed by atoms with Crippen molar-refractivity contribution in [1.29, 1.82) is 0 Å². The molecule has 2 atom stereocenters. The number of benzene rings is 1. The van der Waals surface area contributed by atoms with Gasteiger partial charge in [-0.1, -0.05) is 18.2 Å². The standard InChI is InChI=1S/C19H24N2O2/c1-18(17(22)23)10-6-11-21-12-9-14-13-7-4-5-8-15(13)20(3)16(14)19(18,21)2/h4-5,7-8H,6,9-12H2,1-3H3,(H,22,23)/t18-,19+/m1/s1. The molecule has 2 aliphatic rings. The van der Waals surface area contributed by atoms with Gasteiger partial charge in [-0.25, -0.2) is 0 Å². The molecule has 4 nitrogen and oxygen atoms in total. The average molecular weight is 312 g/mol. The molecule has 0 amide bonds. The zero-order valence-corrected chi connectivity index (χ0v) is 14.1. The van der Waals surface area contributed by atoms with E-state index in [0.717, 1.165) is 32.4 Å². The number of fused-ring (bicyclic) bond motifs is 5. The Hall–Kier alpha value is -1.81. The van der Waals surface area contributed by atoms with Crippen LogP contribution in [0.15, 0.2) is 24.3 Å². The molecule has 0 aliphatic carbocycles. The van der Waals surface area contributed by atoms with E-state index in [1.54, 1.807) is 0 Å². The van der Waals surface area contributed by atoms with Crippen molar-refractivity contribution in [2.45, 2.75) is 38.6 Å². The lowest BCUT2D eigenvalue weighted by Crippen LogP contribution is -2.63. The lowest BCUT2D eigenvalue weighted by atomic mass is 9.62. The Labute approximate surface area is 136 Å². The average Bonchev–Trinajstić information content (AvgIpc) is 2.83. The van der Waals surface area contributed by atoms with Gasteiger partial charge in [0.15, 0.2) is 0 Å². The number of aliphatic carboxylic acids is 1. The van der Waals surface area contributed by atoms with Crippen molar-refractivity contribution >= 4 is 16.9 Å². The number of hydrogen-bond donors (Lipinski definition) is 1. The second-order valence-corrected chi connectivity index (χ2v) is 7.45. The Bertz CT molecular complexity index is 809. The molecule has 2 aromatic rings. The molecule has 1 aromatic heterocycles. The lowest BCUT2D eigenvalue weighted by molar-refractivity contribution is -0.167. The fourth-order valence-electron chi connectivity index (χ4n) is 5.09. The molecule has 2 aliphatic heterocycles. The normalized spacial score (nSPS) is 30.9. The minimum atomic E-state index is -0.761. The molecule has 1 aromatic carbocycles. The number of carboxylic acids is 1. The molecule has 4 rings (SSSR count). The predicted octanol–water partition coefficient (Wildman–Crippen LogP) is 3.14. The first-order valence-corrected chi connectivity index (χ1v) is 8.46. The first-order valence-electron chi connectivity index (χ1n) is 8.46. The van der Waals surface area contributed by atoms with E-state index in [4.69, 9.17) is 0 Å². The van der Waals surface area contributed by atoms with Crippen molar-refractivity contribution < 1.29 is 9.90 Å². The Morgan fingerprint density at radius 1 is 1.22 bits per heavy atom. The quantitative estimate of drug-likeness (QED) is 0.880. The van der Waals surface area contributed by atoms with E-state index in [1.807, 2.05) is 6.92 Å². The first-order chi connectivity index (χ1) is 10.9. The molecule has 0 saturated carbocycles. The topological polar surface area (TPSA) is 45.5 Å². The Balaban J connectivity index is 2.07. The van der Waals surface area contributed by atoms with Gasteiger partial charge < -0.3 is 9.67 Å². The van der Waals surface area contributed by atoms with Gasteiger partial charge in [0.2, 0.25) is 0 Å². The summed E-state index contributed by atoms with van der Waals surface area (Å²) in [6.45, 7) is 6.02. The molecule has 1 saturated heterocycles. The van der Waals surface area contributed by atoms with Gasteiger partial charge in [0.05, 0.1) is 11.0 Å². The summed E-state index contributed by atoms with van der Waals surface area (Å²) in [5.41, 5.74) is 2.53. The van der Waals surface area contributed by atoms with E-state index in [-0.39, 0.29) is 0 Å². The summed E-state index contributed by atoms with van der Waals surface area (Å²) in [6, 6.07) is 8.45. The number of aromatic nitrogens is 1. The van der Waals surface area contributed by atoms with Crippen LogP contribution >= 0.6 is 0 Å². The highest BCUT2D eigenvalue weighted by molar-refractivity contribution is 5.87. The van der Waals surface area contributed by atoms with Gasteiger partial charge in [-0.15, -0.1) is 0 Å². The van der Waals surface area contributed by atoms with Crippen molar-refractivity contribution in [2.75, 3.05) is 13.1 Å². The Kier molecular flexibility index (Phi) is 2.95. The molecular formula is C19H24N2O2. The van der Waals surface area contributed by atoms with Crippen molar-refractivity contribution in [2.24, 2.45) is 12.5 Å². The summed E-state index contributed by atoms with van der Waals surface area (Å²) in [5.74, 6) is -0.678. The molecule has 0 radical (unpaired) electrons. The first kappa shape index (κ1) is 14.8. The lowest BCUT2D eigenvalue weighted by Gasteiger charge is -2.56. The summed E-state index contributed by atoms with van der Waals surface area (Å²) in [7, 11) is 2.09. The summed E-state index contributed by atoms with van der Waals surface area (Å²) in [6.07, 6.45) is 2.69. The largest absolute Gasteiger partial charge is 0.481 e. The van der Waals surface area contributed by atoms with Gasteiger partial charge in [-0.2, -0.15) is 0 Å². The Morgan fingerprint density at radius 3 is 2.70 bits per heavy atom. The molecule has 0 unspecified atom stereocenters. The summed E-state index contributed by atoms with van der Waals surface area (Å²) in [5, 5.41) is 11.3. The molecule has 1 N–H and O–H groups in total. The van der Waals surface area contributed by atoms with Gasteiger partial charge in [0.25, 0.3) is 0 Å². The highest BCUT2D eigenvalue weighted by atomic mass is 16.4. The summed E-state index contributed by atoms with van der Waals surface area (Å²) < 4.78 is 2.24. The van der Waals surface area contributed by atoms with E-state index in [1.165, 1.54) is 22.2 Å². The maximum Gasteiger partial charge on any atom is 0.311 e. The van der Waals surface area contributed by atoms with Crippen molar-refractivity contribution in [3.05, 3.63) is 35.5 Å². The minimum Gasteiger partial charge on any atom is -0.481 e. The zero-order valence-electron chi connectivity index (χ0n) is 14.1. The van der Waals surface area contributed by atoms with Crippen LogP contribution in [0.2, 0.25) is 0 Å². The smallest absolute Gasteiger partial charge is 0.311 e. The van der Waals surface area contributed by atoms with Crippen molar-refractivity contribution in [1.82, 2.24) is 9.47 Å². The maximum atomic E-state index is 12.2. The monoisotopic (exact) mass is 312 g/mol. The number of para-hydroxylation sites is 1. The summed E-state index contributed by atoms with van der Waals surface area (Å²) >= 11 is 0. The highest BCUT2D eigenvalue weighted by Gasteiger charge is 2.59. The highest BCUT2D eigenvalue weighted by Crippen LogP contribution is 2.54. The van der Waals surface area contributed by atoms with E-state index < -0.39 is 16.9 Å². The van der Waals surface area contributed by atoms with Crippen molar-refractivity contribution in [3.63, 3.8) is 0 Å². The number of piperidine rings is 1. The number of carboxylic acid groups (broad SMARTS) is 1. The number of aryl methyl sites for hydroxylation is 1. The second kappa shape index (κ2) is 4.60. The molecular weight excluding hydrogens is 288 g/mol. The minimum absolute atomic E-state index is 0.460. The van der Waals surface area contributed by atoms with Gasteiger partial charge in [0.1, 0.15) is 0 Å². The van der Waals surface area contributed by atoms with Crippen LogP contribution in [0.3, 0.4) is 0 Å². The third-order valence-electron chi connectivity index (χ3n) is 6.59. The number of nitrogens with zero attached hydrogens (tertiary/aromatic N) is 2. The van der Waals surface area contributed by atoms with E-state index in [9.17, 15) is 9.90 Å². The van der Waals surface area contributed by atoms with E-state index >= 15 is 0 Å². The fraction of sp³-hybridized carbons (Fsp3) is 0.526. The third kappa shape index (κ3) is 1.62. The number of hydrogen-bond acceptors (Lipinski definition) is 2. The van der Waals surface area contributed by atoms with E-state index in [2.05, 4.69) is 47.7 Å². The molecule has 0 bridgehead atoms. The molecule has 122 valence electrons. The van der Waals surface area contributed by atoms with Crippen LogP contribution < -0.4 is 0 Å². The van der Waals surface area contributed by atoms with E-state index in [0.29, 0.717) is 0 Å². The molecule has 3 heterocycles. The SMILES string of the molecule is Cn1c2c(c3ccccc31)CCN1CCC[C@](C)(C(=O)O)[C@]21C. The molecule has 0 spiro atoms. The van der Waals surface area contributed by atoms with Crippen LogP contribution in [-0.2, 0) is 23.8 Å². The zero-order chi connectivity index (χ0) is 16.4. The van der Waals surface area contributed by atoms with Gasteiger partial charge >= 0.3 is 5.97 Å². The van der Waals surface area contributed by atoms with Crippen LogP contribution in [0.5, 0.6) is 0 Å². The number of carbonyl (C=O) groups is 1. The van der Waals surface area contributed by atoms with Crippen LogP contribution in [-0.4, -0.2) is 33.6 Å². The van der Waals surface area contributed by atoms with Crippen LogP contribution in [0.1, 0.15) is 37.9 Å². The second-order valence-electron chi connectivity index (χ2n) is 7.45. The predicted molar refractivity (Wildman–Crippen MR) is 90.5 cm³/mol. The molecule has 1 fully saturated rings. The number of rotatable bonds is 1. The van der Waals surface area contributed by atoms with Gasteiger partial charge in [-0.3, -0.25) is 9.69 Å². The maximum absolute atomic E-state index is 12.2. The molecule has 4 heteroatoms. The van der Waals surface area contributed by atoms with Crippen molar-refractivity contribution in [3.8, 4) is 0 Å². The van der Waals surface area contributed by atoms with Crippen LogP contribution in [0, 0.1) is 5.41 Å². The van der Waals surface area contributed by atoms with Crippen LogP contribution in [0.25, 0.3) is 10.9 Å². The summed E-state index contributed by atoms with van der Waals surface area (Å²) in [4.78, 5) is 14.6. The molecule has 23 heavy (non-hydrogen) atoms. The van der Waals surface area contributed by atoms with Crippen LogP contribution in [0.4, 0.5) is 0 Å². The van der Waals surface area contributed by atoms with Gasteiger partial charge in [-0.05, 0) is 51.3 Å². The fourth-order valence-corrected chi connectivity index (χ4v) is 5.09. The van der Waals surface area contributed by atoms with Gasteiger partial charge in [0, 0.05) is 30.2 Å². The Morgan fingerprint density at radius 2 is 1.96 bits per heavy atom. The third-order valence-corrected chi connectivity index (χ3v) is 6.59.